The summed E-state index contributed by atoms with van der Waals surface area (Å²) in [7, 11) is -3.64. The lowest BCUT2D eigenvalue weighted by Crippen LogP contribution is -2.27. The topological polar surface area (TPSA) is 64.6 Å². The van der Waals surface area contributed by atoms with Gasteiger partial charge >= 0.3 is 0 Å². The molecule has 126 valence electrons. The summed E-state index contributed by atoms with van der Waals surface area (Å²) in [6.45, 7) is 0.859. The number of hydrogen-bond donors (Lipinski definition) is 1. The molecule has 0 unspecified atom stereocenters. The van der Waals surface area contributed by atoms with Gasteiger partial charge in [-0.2, -0.15) is 0 Å². The zero-order chi connectivity index (χ0) is 16.7. The van der Waals surface area contributed by atoms with Crippen LogP contribution in [0.4, 0.5) is 4.39 Å². The molecule has 7 heteroatoms. The number of halogens is 1. The van der Waals surface area contributed by atoms with Gasteiger partial charge in [0.1, 0.15) is 19.0 Å². The highest BCUT2D eigenvalue weighted by Gasteiger charge is 2.41. The molecule has 1 N–H and O–H groups in total. The number of fused-ring (bicyclic) bond motifs is 1. The second kappa shape index (κ2) is 5.75. The number of rotatable bonds is 4. The quantitative estimate of drug-likeness (QED) is 0.921. The van der Waals surface area contributed by atoms with E-state index in [2.05, 4.69) is 4.72 Å². The van der Waals surface area contributed by atoms with Crippen LogP contribution in [0.5, 0.6) is 11.5 Å². The Labute approximate surface area is 139 Å². The van der Waals surface area contributed by atoms with E-state index < -0.39 is 10.0 Å². The van der Waals surface area contributed by atoms with Crippen LogP contribution < -0.4 is 14.2 Å². The predicted octanol–water partition coefficient (Wildman–Crippen LogP) is 2.43. The second-order valence-electron chi connectivity index (χ2n) is 5.93. The van der Waals surface area contributed by atoms with Crippen LogP contribution in [0.3, 0.4) is 0 Å². The van der Waals surface area contributed by atoms with Gasteiger partial charge in [0.2, 0.25) is 10.0 Å². The first kappa shape index (κ1) is 15.4. The third-order valence-electron chi connectivity index (χ3n) is 4.22. The number of hydrogen-bond acceptors (Lipinski definition) is 4. The molecule has 0 saturated heterocycles. The van der Waals surface area contributed by atoms with Crippen molar-refractivity contribution in [3.8, 4) is 11.5 Å². The van der Waals surface area contributed by atoms with Crippen molar-refractivity contribution in [2.75, 3.05) is 13.2 Å². The third-order valence-corrected chi connectivity index (χ3v) is 5.71. The first-order valence-electron chi connectivity index (χ1n) is 7.70. The molecule has 0 radical (unpaired) electrons. The van der Waals surface area contributed by atoms with Gasteiger partial charge < -0.3 is 9.47 Å². The van der Waals surface area contributed by atoms with Gasteiger partial charge in [-0.1, -0.05) is 12.1 Å². The van der Waals surface area contributed by atoms with E-state index in [0.717, 1.165) is 5.56 Å². The normalized spacial score (nSPS) is 22.2. The van der Waals surface area contributed by atoms with Gasteiger partial charge in [0.05, 0.1) is 4.90 Å². The lowest BCUT2D eigenvalue weighted by Gasteiger charge is -2.19. The maximum atomic E-state index is 13.0. The van der Waals surface area contributed by atoms with Crippen molar-refractivity contribution in [1.82, 2.24) is 4.72 Å². The van der Waals surface area contributed by atoms with E-state index >= 15 is 0 Å². The van der Waals surface area contributed by atoms with Crippen LogP contribution in [0.1, 0.15) is 17.9 Å². The average molecular weight is 349 g/mol. The van der Waals surface area contributed by atoms with E-state index in [0.29, 0.717) is 31.1 Å². The zero-order valence-corrected chi connectivity index (χ0v) is 13.6. The van der Waals surface area contributed by atoms with Gasteiger partial charge in [-0.05, 0) is 36.2 Å². The minimum atomic E-state index is -3.64. The fourth-order valence-electron chi connectivity index (χ4n) is 2.86. The Balaban J connectivity index is 1.49. The smallest absolute Gasteiger partial charge is 0.240 e. The Kier molecular flexibility index (Phi) is 3.69. The van der Waals surface area contributed by atoms with Crippen LogP contribution in [0.15, 0.2) is 47.4 Å². The molecular formula is C17H16FNO4S. The Morgan fingerprint density at radius 3 is 2.46 bits per heavy atom. The van der Waals surface area contributed by atoms with Crippen LogP contribution in [-0.2, 0) is 10.0 Å². The molecule has 2 aromatic carbocycles. The molecule has 1 aliphatic carbocycles. The maximum Gasteiger partial charge on any atom is 0.240 e. The lowest BCUT2D eigenvalue weighted by molar-refractivity contribution is 0.171. The second-order valence-corrected chi connectivity index (χ2v) is 7.64. The number of benzene rings is 2. The highest BCUT2D eigenvalue weighted by Crippen LogP contribution is 2.42. The minimum Gasteiger partial charge on any atom is -0.486 e. The van der Waals surface area contributed by atoms with E-state index in [1.807, 2.05) is 0 Å². The number of nitrogens with one attached hydrogen (secondary N) is 1. The van der Waals surface area contributed by atoms with Gasteiger partial charge in [0, 0.05) is 18.0 Å². The van der Waals surface area contributed by atoms with E-state index in [9.17, 15) is 12.8 Å². The van der Waals surface area contributed by atoms with Crippen LogP contribution in [0.2, 0.25) is 0 Å². The van der Waals surface area contributed by atoms with E-state index in [-0.39, 0.29) is 22.7 Å². The summed E-state index contributed by atoms with van der Waals surface area (Å²) in [5, 5.41) is 0. The largest absolute Gasteiger partial charge is 0.486 e. The van der Waals surface area contributed by atoms with Crippen LogP contribution in [0.25, 0.3) is 0 Å². The summed E-state index contributed by atoms with van der Waals surface area (Å²) < 4.78 is 51.6. The molecule has 1 saturated carbocycles. The summed E-state index contributed by atoms with van der Waals surface area (Å²) in [6, 6.07) is 10.6. The van der Waals surface area contributed by atoms with Crippen molar-refractivity contribution in [2.45, 2.75) is 23.3 Å². The summed E-state index contributed by atoms with van der Waals surface area (Å²) in [6.07, 6.45) is 0.704. The fraction of sp³-hybridized carbons (Fsp3) is 0.294. The van der Waals surface area contributed by atoms with Gasteiger partial charge in [-0.3, -0.25) is 0 Å². The van der Waals surface area contributed by atoms with Gasteiger partial charge in [-0.25, -0.2) is 17.5 Å². The Morgan fingerprint density at radius 2 is 1.71 bits per heavy atom. The minimum absolute atomic E-state index is 0.0811. The van der Waals surface area contributed by atoms with E-state index in [4.69, 9.17) is 9.47 Å². The molecule has 2 aromatic rings. The predicted molar refractivity (Wildman–Crippen MR) is 85.3 cm³/mol. The summed E-state index contributed by atoms with van der Waals surface area (Å²) in [5.74, 6) is 0.774. The van der Waals surface area contributed by atoms with Gasteiger partial charge in [0.25, 0.3) is 0 Å². The molecule has 1 fully saturated rings. The standard InChI is InChI=1S/C17H16FNO4S/c18-12-3-1-11(2-4-12)14-10-15(14)19-24(20,21)13-5-6-16-17(9-13)23-8-7-22-16/h1-6,9,14-15,19H,7-8,10H2/t14-,15+/m0/s1. The Bertz CT molecular complexity index is 867. The van der Waals surface area contributed by atoms with E-state index in [1.165, 1.54) is 24.3 Å². The van der Waals surface area contributed by atoms with E-state index in [1.54, 1.807) is 18.2 Å². The third kappa shape index (κ3) is 2.97. The van der Waals surface area contributed by atoms with Crippen LogP contribution >= 0.6 is 0 Å². The molecular weight excluding hydrogens is 333 g/mol. The van der Waals surface area contributed by atoms with Crippen molar-refractivity contribution in [3.63, 3.8) is 0 Å². The monoisotopic (exact) mass is 349 g/mol. The van der Waals surface area contributed by atoms with Crippen molar-refractivity contribution in [2.24, 2.45) is 0 Å². The van der Waals surface area contributed by atoms with Crippen LogP contribution in [0, 0.1) is 5.82 Å². The number of sulfonamides is 1. The zero-order valence-electron chi connectivity index (χ0n) is 12.7. The molecule has 0 amide bonds. The molecule has 2 atom stereocenters. The molecule has 2 aliphatic rings. The molecule has 5 nitrogen and oxygen atoms in total. The average Bonchev–Trinajstić information content (AvgIpc) is 3.33. The Morgan fingerprint density at radius 1 is 1.00 bits per heavy atom. The van der Waals surface area contributed by atoms with Gasteiger partial charge in [-0.15, -0.1) is 0 Å². The Hall–Kier alpha value is -2.12. The molecule has 0 spiro atoms. The lowest BCUT2D eigenvalue weighted by atomic mass is 10.1. The van der Waals surface area contributed by atoms with Crippen molar-refractivity contribution >= 4 is 10.0 Å². The fourth-order valence-corrected chi connectivity index (χ4v) is 4.17. The molecule has 1 aliphatic heterocycles. The van der Waals surface area contributed by atoms with Crippen LogP contribution in [-0.4, -0.2) is 27.7 Å². The first-order valence-corrected chi connectivity index (χ1v) is 9.19. The van der Waals surface area contributed by atoms with Crippen molar-refractivity contribution < 1.29 is 22.3 Å². The highest BCUT2D eigenvalue weighted by atomic mass is 32.2. The maximum absolute atomic E-state index is 13.0. The number of ether oxygens (including phenoxy) is 2. The molecule has 0 bridgehead atoms. The first-order chi connectivity index (χ1) is 11.5. The molecule has 4 rings (SSSR count). The highest BCUT2D eigenvalue weighted by molar-refractivity contribution is 7.89. The van der Waals surface area contributed by atoms with Gasteiger partial charge in [0.15, 0.2) is 11.5 Å². The molecule has 1 heterocycles. The summed E-state index contributed by atoms with van der Waals surface area (Å²) in [4.78, 5) is 0.150. The van der Waals surface area contributed by atoms with Crippen molar-refractivity contribution in [1.29, 1.82) is 0 Å². The SMILES string of the molecule is O=S(=O)(N[C@@H]1C[C@H]1c1ccc(F)cc1)c1ccc2c(c1)OCCO2. The molecule has 24 heavy (non-hydrogen) atoms. The molecule has 0 aromatic heterocycles. The summed E-state index contributed by atoms with van der Waals surface area (Å²) in [5.41, 5.74) is 0.936. The summed E-state index contributed by atoms with van der Waals surface area (Å²) >= 11 is 0. The van der Waals surface area contributed by atoms with Crippen molar-refractivity contribution in [3.05, 3.63) is 53.8 Å².